The van der Waals surface area contributed by atoms with Gasteiger partial charge in [-0.2, -0.15) is 13.5 Å². The number of nitrogens with zero attached hydrogens (tertiary/aromatic N) is 3. The molecule has 2 aromatic rings. The number of benzene rings is 2. The summed E-state index contributed by atoms with van der Waals surface area (Å²) >= 11 is 0. The number of fused-ring (bicyclic) bond motifs is 1. The molecule has 0 unspecified atom stereocenters. The van der Waals surface area contributed by atoms with Crippen LogP contribution in [0.4, 0.5) is 0 Å². The molecule has 188 valence electrons. The highest BCUT2D eigenvalue weighted by atomic mass is 32.2. The predicted octanol–water partition coefficient (Wildman–Crippen LogP) is 2.80. The molecule has 3 rings (SSSR count). The molecular weight excluding hydrogens is 472 g/mol. The molecule has 0 aliphatic carbocycles. The van der Waals surface area contributed by atoms with E-state index in [1.807, 2.05) is 20.8 Å². The molecule has 0 bridgehead atoms. The summed E-state index contributed by atoms with van der Waals surface area (Å²) in [7, 11) is 0.658. The zero-order valence-electron chi connectivity index (χ0n) is 20.7. The Kier molecular flexibility index (Phi) is 7.69. The number of ether oxygens (including phenoxy) is 3. The van der Waals surface area contributed by atoms with E-state index < -0.39 is 15.6 Å². The van der Waals surface area contributed by atoms with Crippen molar-refractivity contribution >= 4 is 28.0 Å². The van der Waals surface area contributed by atoms with Crippen LogP contribution < -0.4 is 19.5 Å². The third-order valence-corrected chi connectivity index (χ3v) is 6.28. The second-order valence-electron chi connectivity index (χ2n) is 8.76. The molecule has 0 spiro atoms. The highest BCUT2D eigenvalue weighted by Gasteiger charge is 2.32. The van der Waals surface area contributed by atoms with Crippen LogP contribution in [0.1, 0.15) is 38.3 Å². The van der Waals surface area contributed by atoms with Crippen LogP contribution in [0.25, 0.3) is 0 Å². The smallest absolute Gasteiger partial charge is 0.285 e. The van der Waals surface area contributed by atoms with Gasteiger partial charge >= 0.3 is 0 Å². The fraction of sp³-hybridized carbons (Fsp3) is 0.375. The van der Waals surface area contributed by atoms with E-state index in [9.17, 15) is 13.2 Å². The lowest BCUT2D eigenvalue weighted by molar-refractivity contribution is -0.122. The minimum atomic E-state index is -3.87. The van der Waals surface area contributed by atoms with Crippen LogP contribution in [0.3, 0.4) is 0 Å². The molecule has 1 heterocycles. The number of carbonyl (C=O) groups is 1. The van der Waals surface area contributed by atoms with E-state index in [0.29, 0.717) is 28.4 Å². The normalized spacial score (nSPS) is 14.3. The van der Waals surface area contributed by atoms with Crippen molar-refractivity contribution < 1.29 is 27.4 Å². The van der Waals surface area contributed by atoms with Crippen molar-refractivity contribution in [3.05, 3.63) is 47.5 Å². The van der Waals surface area contributed by atoms with E-state index in [2.05, 4.69) is 14.8 Å². The molecule has 1 aliphatic heterocycles. The van der Waals surface area contributed by atoms with Crippen LogP contribution in [-0.2, 0) is 14.8 Å². The van der Waals surface area contributed by atoms with E-state index in [1.165, 1.54) is 38.6 Å². The van der Waals surface area contributed by atoms with Crippen LogP contribution in [0.5, 0.6) is 17.2 Å². The highest BCUT2D eigenvalue weighted by Crippen LogP contribution is 2.37. The minimum absolute atomic E-state index is 0.0745. The number of amidine groups is 1. The number of methoxy groups -OCH3 is 3. The summed E-state index contributed by atoms with van der Waals surface area (Å²) < 4.78 is 45.3. The second-order valence-corrected chi connectivity index (χ2v) is 10.3. The topological polar surface area (TPSA) is 119 Å². The quantitative estimate of drug-likeness (QED) is 0.435. The molecule has 0 fully saturated rings. The predicted molar refractivity (Wildman–Crippen MR) is 133 cm³/mol. The average Bonchev–Trinajstić information content (AvgIpc) is 3.08. The van der Waals surface area contributed by atoms with Gasteiger partial charge in [-0.15, -0.1) is 4.40 Å². The summed E-state index contributed by atoms with van der Waals surface area (Å²) in [5, 5.41) is 8.80. The standard InChI is InChI=1S/C24H30N4O6S/c1-24(2,3)26-21(29)11-12-28(23-17-9-7-8-10-20(17)35(30,31)27-23)25-15-16-13-18(32-4)22(34-6)19(14-16)33-5/h7-10,13-15H,11-12H2,1-6H3,(H,26,29)/b25-15+. The molecule has 1 aliphatic rings. The number of sulfonamides is 1. The van der Waals surface area contributed by atoms with Crippen LogP contribution in [-0.4, -0.2) is 64.8 Å². The van der Waals surface area contributed by atoms with Crippen molar-refractivity contribution in [1.82, 2.24) is 10.3 Å². The molecule has 11 heteroatoms. The Morgan fingerprint density at radius 2 is 1.71 bits per heavy atom. The number of amides is 1. The van der Waals surface area contributed by atoms with Gasteiger partial charge in [0.2, 0.25) is 11.7 Å². The SMILES string of the molecule is COc1cc(/C=N/N(CCC(=O)NC(C)(C)C)C2=NS(=O)(=O)c3ccccc32)cc(OC)c1OC. The third kappa shape index (κ3) is 6.10. The number of nitrogens with one attached hydrogen (secondary N) is 1. The van der Waals surface area contributed by atoms with Crippen LogP contribution in [0.15, 0.2) is 50.8 Å². The van der Waals surface area contributed by atoms with Crippen molar-refractivity contribution in [3.63, 3.8) is 0 Å². The molecule has 2 aromatic carbocycles. The maximum absolute atomic E-state index is 12.6. The lowest BCUT2D eigenvalue weighted by Gasteiger charge is -2.23. The first-order valence-electron chi connectivity index (χ1n) is 10.9. The number of rotatable bonds is 8. The highest BCUT2D eigenvalue weighted by molar-refractivity contribution is 7.90. The molecule has 0 saturated carbocycles. The van der Waals surface area contributed by atoms with Crippen molar-refractivity contribution in [2.24, 2.45) is 9.50 Å². The largest absolute Gasteiger partial charge is 0.493 e. The molecule has 1 amide bonds. The number of carbonyl (C=O) groups excluding carboxylic acids is 1. The summed E-state index contributed by atoms with van der Waals surface area (Å²) in [6.07, 6.45) is 1.59. The number of hydrogen-bond acceptors (Lipinski definition) is 8. The Hall–Kier alpha value is -3.60. The summed E-state index contributed by atoms with van der Waals surface area (Å²) in [6.45, 7) is 5.75. The average molecular weight is 503 g/mol. The molecule has 1 N–H and O–H groups in total. The van der Waals surface area contributed by atoms with Gasteiger partial charge in [0.05, 0.1) is 34.1 Å². The Bertz CT molecular complexity index is 1240. The number of hydrogen-bond donors (Lipinski definition) is 1. The van der Waals surface area contributed by atoms with Gasteiger partial charge < -0.3 is 19.5 Å². The third-order valence-electron chi connectivity index (χ3n) is 4.96. The number of hydrazone groups is 1. The summed E-state index contributed by atoms with van der Waals surface area (Å²) in [6, 6.07) is 9.93. The van der Waals surface area contributed by atoms with Crippen molar-refractivity contribution in [3.8, 4) is 17.2 Å². The fourth-order valence-electron chi connectivity index (χ4n) is 3.49. The fourth-order valence-corrected chi connectivity index (χ4v) is 4.70. The Morgan fingerprint density at radius 3 is 2.29 bits per heavy atom. The zero-order chi connectivity index (χ0) is 25.8. The zero-order valence-corrected chi connectivity index (χ0v) is 21.5. The Balaban J connectivity index is 1.99. The maximum Gasteiger partial charge on any atom is 0.285 e. The summed E-state index contributed by atoms with van der Waals surface area (Å²) in [4.78, 5) is 12.6. The lowest BCUT2D eigenvalue weighted by atomic mass is 10.1. The van der Waals surface area contributed by atoms with E-state index >= 15 is 0 Å². The maximum atomic E-state index is 12.6. The lowest BCUT2D eigenvalue weighted by Crippen LogP contribution is -2.42. The van der Waals surface area contributed by atoms with E-state index in [4.69, 9.17) is 14.2 Å². The Labute approximate surface area is 205 Å². The first kappa shape index (κ1) is 26.0. The van der Waals surface area contributed by atoms with E-state index in [-0.39, 0.29) is 29.6 Å². The van der Waals surface area contributed by atoms with Crippen LogP contribution in [0, 0.1) is 0 Å². The van der Waals surface area contributed by atoms with Crippen molar-refractivity contribution in [1.29, 1.82) is 0 Å². The molecule has 0 atom stereocenters. The summed E-state index contributed by atoms with van der Waals surface area (Å²) in [5.74, 6) is 1.27. The van der Waals surface area contributed by atoms with Gasteiger partial charge in [0.1, 0.15) is 4.90 Å². The first-order valence-corrected chi connectivity index (χ1v) is 12.3. The molecule has 35 heavy (non-hydrogen) atoms. The van der Waals surface area contributed by atoms with Gasteiger partial charge in [0.25, 0.3) is 10.0 Å². The minimum Gasteiger partial charge on any atom is -0.493 e. The molecular formula is C24H30N4O6S. The Morgan fingerprint density at radius 1 is 1.09 bits per heavy atom. The van der Waals surface area contributed by atoms with E-state index in [0.717, 1.165) is 0 Å². The van der Waals surface area contributed by atoms with Gasteiger partial charge in [-0.05, 0) is 45.0 Å². The molecule has 0 saturated heterocycles. The second kappa shape index (κ2) is 10.3. The van der Waals surface area contributed by atoms with Crippen LogP contribution in [0.2, 0.25) is 0 Å². The van der Waals surface area contributed by atoms with E-state index in [1.54, 1.807) is 30.3 Å². The van der Waals surface area contributed by atoms with Gasteiger partial charge in [-0.3, -0.25) is 4.79 Å². The van der Waals surface area contributed by atoms with Gasteiger partial charge in [0.15, 0.2) is 17.3 Å². The summed E-state index contributed by atoms with van der Waals surface area (Å²) in [5.41, 5.74) is 0.631. The van der Waals surface area contributed by atoms with Gasteiger partial charge in [0, 0.05) is 23.1 Å². The molecule has 0 aromatic heterocycles. The van der Waals surface area contributed by atoms with Crippen LogP contribution >= 0.6 is 0 Å². The molecule has 10 nitrogen and oxygen atoms in total. The first-order chi connectivity index (χ1) is 16.5. The van der Waals surface area contributed by atoms with Crippen molar-refractivity contribution in [2.75, 3.05) is 27.9 Å². The van der Waals surface area contributed by atoms with Gasteiger partial charge in [-0.25, -0.2) is 5.01 Å². The molecule has 0 radical (unpaired) electrons. The van der Waals surface area contributed by atoms with Crippen molar-refractivity contribution in [2.45, 2.75) is 37.6 Å². The monoisotopic (exact) mass is 502 g/mol. The van der Waals surface area contributed by atoms with Gasteiger partial charge in [-0.1, -0.05) is 12.1 Å².